The van der Waals surface area contributed by atoms with E-state index in [1.165, 1.54) is 0 Å². The number of benzene rings is 3. The lowest BCUT2D eigenvalue weighted by molar-refractivity contribution is -0.938. The highest BCUT2D eigenvalue weighted by molar-refractivity contribution is 5.93. The standard InChI is InChI=1S/C33H35N3O5.HI/c1-20-15-22(19-37)10-13-26(20)34-30(38)14-11-21-9-12-25(23-7-5-4-6-8-23)27(16-21)35-33(39)40-24-17-28-31-32(41-31)29(18-24)36(28,2)3;/h4-10,12-13,15-16,19,24,28-29,31-32H,11,14,17-18H2,1-3H3,(H-,34,35,37,38,39);1H/t24-,28-,29+,31-,32+;. The zero-order valence-corrected chi connectivity index (χ0v) is 26.2. The molecular weight excluding hydrogens is 645 g/mol. The van der Waals surface area contributed by atoms with Gasteiger partial charge < -0.3 is 43.3 Å². The summed E-state index contributed by atoms with van der Waals surface area (Å²) >= 11 is 0. The number of morpholine rings is 1. The molecule has 0 unspecified atom stereocenters. The van der Waals surface area contributed by atoms with Gasteiger partial charge in [0.2, 0.25) is 5.91 Å². The summed E-state index contributed by atoms with van der Waals surface area (Å²) in [7, 11) is 4.51. The summed E-state index contributed by atoms with van der Waals surface area (Å²) in [4.78, 5) is 36.9. The normalized spacial score (nSPS) is 24.5. The van der Waals surface area contributed by atoms with Gasteiger partial charge in [-0.25, -0.2) is 4.79 Å². The molecule has 2 bridgehead atoms. The largest absolute Gasteiger partial charge is 1.00 e. The van der Waals surface area contributed by atoms with Gasteiger partial charge in [-0.15, -0.1) is 0 Å². The van der Waals surface area contributed by atoms with Crippen molar-refractivity contribution in [2.75, 3.05) is 24.7 Å². The van der Waals surface area contributed by atoms with E-state index in [4.69, 9.17) is 9.47 Å². The number of aldehydes is 1. The minimum atomic E-state index is -0.461. The SMILES string of the molecule is Cc1cc(C=O)ccc1NC(=O)CCc1ccc(-c2ccccc2)c(NC(=O)O[C@@H]2C[C@@H]3[C@H]4O[C@H]4[C@H](C2)[N+]3(C)C)c1.[I-]. The van der Waals surface area contributed by atoms with Gasteiger partial charge in [0.15, 0.2) is 0 Å². The molecule has 0 spiro atoms. The average molecular weight is 682 g/mol. The van der Waals surface area contributed by atoms with Crippen molar-refractivity contribution in [2.24, 2.45) is 0 Å². The number of amides is 2. The molecule has 0 radical (unpaired) electrons. The Labute approximate surface area is 263 Å². The summed E-state index contributed by atoms with van der Waals surface area (Å²) in [5.74, 6) is -0.122. The van der Waals surface area contributed by atoms with Crippen molar-refractivity contribution < 1.29 is 52.3 Å². The van der Waals surface area contributed by atoms with Crippen LogP contribution in [0.15, 0.2) is 66.7 Å². The lowest BCUT2D eigenvalue weighted by Crippen LogP contribution is -3.00. The van der Waals surface area contributed by atoms with Crippen LogP contribution >= 0.6 is 0 Å². The zero-order valence-electron chi connectivity index (χ0n) is 24.0. The number of halogens is 1. The van der Waals surface area contributed by atoms with Gasteiger partial charge in [0.1, 0.15) is 36.7 Å². The Morgan fingerprint density at radius 2 is 1.67 bits per heavy atom. The van der Waals surface area contributed by atoms with Crippen LogP contribution in [0.3, 0.4) is 0 Å². The van der Waals surface area contributed by atoms with E-state index in [1.807, 2.05) is 55.5 Å². The second-order valence-corrected chi connectivity index (χ2v) is 11.9. The fourth-order valence-corrected chi connectivity index (χ4v) is 6.68. The molecule has 220 valence electrons. The van der Waals surface area contributed by atoms with Crippen LogP contribution in [0, 0.1) is 6.92 Å². The highest BCUT2D eigenvalue weighted by Crippen LogP contribution is 2.51. The van der Waals surface area contributed by atoms with Crippen LogP contribution in [-0.4, -0.2) is 67.3 Å². The predicted octanol–water partition coefficient (Wildman–Crippen LogP) is 2.36. The number of hydrogen-bond acceptors (Lipinski definition) is 5. The fourth-order valence-electron chi connectivity index (χ4n) is 6.68. The lowest BCUT2D eigenvalue weighted by Gasteiger charge is -2.45. The van der Waals surface area contributed by atoms with E-state index in [9.17, 15) is 14.4 Å². The number of ether oxygens (including phenoxy) is 2. The van der Waals surface area contributed by atoms with Crippen LogP contribution in [0.25, 0.3) is 11.1 Å². The van der Waals surface area contributed by atoms with E-state index in [2.05, 4.69) is 24.7 Å². The number of likely N-dealkylation sites (N-methyl/N-ethyl adjacent to an activating group) is 1. The zero-order chi connectivity index (χ0) is 28.7. The molecule has 3 aliphatic heterocycles. The van der Waals surface area contributed by atoms with Crippen molar-refractivity contribution in [3.63, 3.8) is 0 Å². The first-order valence-electron chi connectivity index (χ1n) is 14.2. The van der Waals surface area contributed by atoms with E-state index in [-0.39, 0.29) is 42.4 Å². The highest BCUT2D eigenvalue weighted by atomic mass is 127. The van der Waals surface area contributed by atoms with E-state index < -0.39 is 6.09 Å². The minimum absolute atomic E-state index is 0. The van der Waals surface area contributed by atoms with Gasteiger partial charge in [-0.05, 0) is 54.3 Å². The third-order valence-corrected chi connectivity index (χ3v) is 9.02. The summed E-state index contributed by atoms with van der Waals surface area (Å²) in [6.45, 7) is 1.86. The van der Waals surface area contributed by atoms with Crippen molar-refractivity contribution in [1.82, 2.24) is 0 Å². The summed E-state index contributed by atoms with van der Waals surface area (Å²) in [5, 5.41) is 5.94. The van der Waals surface area contributed by atoms with Gasteiger partial charge in [0.05, 0.1) is 19.8 Å². The molecule has 9 heteroatoms. The number of epoxide rings is 1. The molecule has 3 aromatic carbocycles. The number of nitrogens with zero attached hydrogens (tertiary/aromatic N) is 1. The van der Waals surface area contributed by atoms with Gasteiger partial charge in [-0.1, -0.05) is 42.5 Å². The molecule has 2 amide bonds. The lowest BCUT2D eigenvalue weighted by atomic mass is 9.96. The molecule has 5 atom stereocenters. The van der Waals surface area contributed by atoms with E-state index in [1.54, 1.807) is 18.2 Å². The first-order valence-corrected chi connectivity index (χ1v) is 14.2. The van der Waals surface area contributed by atoms with Crippen molar-refractivity contribution in [2.45, 2.75) is 63.0 Å². The number of anilines is 2. The van der Waals surface area contributed by atoms with Gasteiger partial charge in [0, 0.05) is 36.1 Å². The van der Waals surface area contributed by atoms with Crippen LogP contribution < -0.4 is 34.6 Å². The van der Waals surface area contributed by atoms with Gasteiger partial charge >= 0.3 is 6.09 Å². The van der Waals surface area contributed by atoms with Crippen LogP contribution in [0.4, 0.5) is 16.2 Å². The topological polar surface area (TPSA) is 97.0 Å². The van der Waals surface area contributed by atoms with E-state index >= 15 is 0 Å². The van der Waals surface area contributed by atoms with E-state index in [0.717, 1.165) is 45.9 Å². The monoisotopic (exact) mass is 681 g/mol. The highest BCUT2D eigenvalue weighted by Gasteiger charge is 2.70. The molecule has 8 nitrogen and oxygen atoms in total. The summed E-state index contributed by atoms with van der Waals surface area (Å²) in [5.41, 5.74) is 5.54. The predicted molar refractivity (Wildman–Crippen MR) is 157 cm³/mol. The molecule has 0 aliphatic carbocycles. The number of nitrogens with one attached hydrogen (secondary N) is 2. The molecular formula is C33H36IN3O5. The maximum atomic E-state index is 13.2. The number of fused-ring (bicyclic) bond motifs is 5. The summed E-state index contributed by atoms with van der Waals surface area (Å²) in [6, 6.07) is 21.7. The Bertz CT molecular complexity index is 1470. The van der Waals surface area contributed by atoms with Gasteiger partial charge in [-0.2, -0.15) is 0 Å². The van der Waals surface area contributed by atoms with Crippen LogP contribution in [0.5, 0.6) is 0 Å². The summed E-state index contributed by atoms with van der Waals surface area (Å²) in [6.07, 6.45) is 3.16. The number of carbonyl (C=O) groups excluding carboxylic acids is 3. The molecule has 42 heavy (non-hydrogen) atoms. The molecule has 6 rings (SSSR count). The number of quaternary nitrogens is 1. The number of carbonyl (C=O) groups is 3. The molecule has 2 N–H and O–H groups in total. The van der Waals surface area contributed by atoms with Gasteiger partial charge in [0.25, 0.3) is 0 Å². The molecule has 3 saturated heterocycles. The Kier molecular flexibility index (Phi) is 8.73. The number of aryl methyl sites for hydroxylation is 2. The van der Waals surface area contributed by atoms with Crippen molar-refractivity contribution >= 4 is 29.7 Å². The van der Waals surface area contributed by atoms with Crippen LogP contribution in [-0.2, 0) is 20.7 Å². The number of rotatable bonds is 8. The number of piperidine rings is 1. The van der Waals surface area contributed by atoms with Crippen LogP contribution in [0.2, 0.25) is 0 Å². The summed E-state index contributed by atoms with van der Waals surface area (Å²) < 4.78 is 12.8. The molecule has 0 saturated carbocycles. The van der Waals surface area contributed by atoms with Gasteiger partial charge in [-0.3, -0.25) is 14.9 Å². The molecule has 3 fully saturated rings. The Hall–Kier alpha value is -3.28. The smallest absolute Gasteiger partial charge is 0.411 e. The number of hydrogen-bond donors (Lipinski definition) is 2. The molecule has 3 aliphatic rings. The molecule has 3 aromatic rings. The second-order valence-electron chi connectivity index (χ2n) is 11.9. The maximum Gasteiger partial charge on any atom is 0.411 e. The van der Waals surface area contributed by atoms with Crippen molar-refractivity contribution in [3.8, 4) is 11.1 Å². The van der Waals surface area contributed by atoms with E-state index in [0.29, 0.717) is 47.7 Å². The second kappa shape index (κ2) is 12.1. The first kappa shape index (κ1) is 30.2. The fraction of sp³-hybridized carbons (Fsp3) is 0.364. The Morgan fingerprint density at radius 1 is 0.952 bits per heavy atom. The van der Waals surface area contributed by atoms with Crippen molar-refractivity contribution in [1.29, 1.82) is 0 Å². The Morgan fingerprint density at radius 3 is 2.33 bits per heavy atom. The Balaban J connectivity index is 0.00000353. The minimum Gasteiger partial charge on any atom is -1.00 e. The average Bonchev–Trinajstić information content (AvgIpc) is 3.72. The molecule has 0 aromatic heterocycles. The quantitative estimate of drug-likeness (QED) is 0.165. The maximum absolute atomic E-state index is 13.2. The third kappa shape index (κ3) is 6.09. The molecule has 3 heterocycles. The van der Waals surface area contributed by atoms with Crippen LogP contribution in [0.1, 0.15) is 40.7 Å². The third-order valence-electron chi connectivity index (χ3n) is 9.02. The first-order chi connectivity index (χ1) is 19.7. The van der Waals surface area contributed by atoms with Crippen molar-refractivity contribution in [3.05, 3.63) is 83.4 Å².